The van der Waals surface area contributed by atoms with Gasteiger partial charge in [0.25, 0.3) is 0 Å². The lowest BCUT2D eigenvalue weighted by molar-refractivity contribution is 0.444. The minimum absolute atomic E-state index is 0.142. The molecule has 0 saturated carbocycles. The summed E-state index contributed by atoms with van der Waals surface area (Å²) in [5.74, 6) is -1.50. The fourth-order valence-corrected chi connectivity index (χ4v) is 0.992. The quantitative estimate of drug-likeness (QED) is 0.708. The van der Waals surface area contributed by atoms with Crippen molar-refractivity contribution in [2.24, 2.45) is 0 Å². The topological polar surface area (TPSA) is 20.2 Å². The number of phenols is 1. The van der Waals surface area contributed by atoms with E-state index >= 15 is 0 Å². The van der Waals surface area contributed by atoms with Crippen LogP contribution in [0.4, 0.5) is 0 Å². The predicted octanol–water partition coefficient (Wildman–Crippen LogP) is 3.99. The van der Waals surface area contributed by atoms with Gasteiger partial charge in [-0.05, 0) is 28.0 Å². The monoisotopic (exact) mass is 225 g/mol. The second-order valence-electron chi connectivity index (χ2n) is 3.15. The molecule has 0 bridgehead atoms. The van der Waals surface area contributed by atoms with Crippen molar-refractivity contribution in [3.63, 3.8) is 0 Å². The van der Waals surface area contributed by atoms with E-state index in [4.69, 9.17) is 26.0 Å². The Labute approximate surface area is 120 Å². The van der Waals surface area contributed by atoms with Crippen LogP contribution in [0.2, 0.25) is 0 Å². The SMILES string of the molecule is [2H]c1cc(C(C([2H])([2H])[2H])(C([2H])([2H])[2H])C([2H])([2H])[2H])cc(C(C([2H])([2H])[2H])(C([2H])([2H])[2H])C([2H])([2H])[2H])c1O. The van der Waals surface area contributed by atoms with E-state index in [2.05, 4.69) is 0 Å². The summed E-state index contributed by atoms with van der Waals surface area (Å²) in [6, 6.07) is -0.798. The molecule has 0 aliphatic rings. The van der Waals surface area contributed by atoms with Crippen molar-refractivity contribution in [2.75, 3.05) is 0 Å². The molecule has 1 aromatic rings. The fraction of sp³-hybridized carbons (Fsp3) is 0.571. The zero-order chi connectivity index (χ0) is 27.7. The van der Waals surface area contributed by atoms with Gasteiger partial charge in [0.1, 0.15) is 5.75 Å². The first-order valence-corrected chi connectivity index (χ1v) is 3.88. The highest BCUT2D eigenvalue weighted by molar-refractivity contribution is 5.42. The van der Waals surface area contributed by atoms with E-state index in [9.17, 15) is 5.11 Å². The molecule has 1 N–H and O–H groups in total. The van der Waals surface area contributed by atoms with Crippen LogP contribution < -0.4 is 0 Å². The lowest BCUT2D eigenvalue weighted by Crippen LogP contribution is -2.16. The molecule has 1 rings (SSSR count). The van der Waals surface area contributed by atoms with Gasteiger partial charge >= 0.3 is 0 Å². The summed E-state index contributed by atoms with van der Waals surface area (Å²) in [6.45, 7) is -23.5. The van der Waals surface area contributed by atoms with Crippen LogP contribution in [0.5, 0.6) is 5.75 Å². The molecule has 0 fully saturated rings. The highest BCUT2D eigenvalue weighted by Crippen LogP contribution is 2.34. The van der Waals surface area contributed by atoms with Crippen LogP contribution in [-0.2, 0) is 10.8 Å². The third-order valence-electron chi connectivity index (χ3n) is 1.76. The van der Waals surface area contributed by atoms with Gasteiger partial charge < -0.3 is 5.11 Å². The number of aromatic hydroxyl groups is 1. The van der Waals surface area contributed by atoms with E-state index in [1.165, 1.54) is 0 Å². The van der Waals surface area contributed by atoms with Crippen molar-refractivity contribution in [3.8, 4) is 5.75 Å². The minimum Gasteiger partial charge on any atom is -0.508 e. The Morgan fingerprint density at radius 2 is 1.73 bits per heavy atom. The lowest BCUT2D eigenvalue weighted by atomic mass is 9.80. The maximum atomic E-state index is 10.5. The van der Waals surface area contributed by atoms with Crippen molar-refractivity contribution in [3.05, 3.63) is 29.3 Å². The second-order valence-corrected chi connectivity index (χ2v) is 3.15. The van der Waals surface area contributed by atoms with Crippen molar-refractivity contribution < 1.29 is 31.2 Å². The van der Waals surface area contributed by atoms with E-state index in [-0.39, 0.29) is 6.07 Å². The fourth-order valence-electron chi connectivity index (χ4n) is 0.992. The van der Waals surface area contributed by atoms with Crippen LogP contribution in [0.25, 0.3) is 0 Å². The van der Waals surface area contributed by atoms with Gasteiger partial charge in [-0.1, -0.05) is 53.2 Å². The Kier molecular flexibility index (Phi) is 0.516. The van der Waals surface area contributed by atoms with Crippen LogP contribution >= 0.6 is 0 Å². The molecule has 0 unspecified atom stereocenters. The molecule has 1 aromatic carbocycles. The largest absolute Gasteiger partial charge is 0.508 e. The first-order valence-electron chi connectivity index (χ1n) is 13.4. The standard InChI is InChI=1S/C14H22O/c1-13(2,3)10-7-8-12(15)11(9-10)14(4,5)6/h7-9,15H,1-6H3/i1D3,2D3,3D3,4D3,5D3,6D3,8D. The molecule has 0 saturated heterocycles. The van der Waals surface area contributed by atoms with Crippen LogP contribution in [0.1, 0.15) is 78.3 Å². The van der Waals surface area contributed by atoms with Gasteiger partial charge in [0.05, 0.1) is 1.37 Å². The molecule has 84 valence electrons. The Morgan fingerprint density at radius 3 is 2.27 bits per heavy atom. The van der Waals surface area contributed by atoms with E-state index in [0.717, 1.165) is 0 Å². The lowest BCUT2D eigenvalue weighted by Gasteiger charge is -2.25. The predicted molar refractivity (Wildman–Crippen MR) is 65.5 cm³/mol. The Balaban J connectivity index is 4.58. The molecule has 0 aromatic heterocycles. The Bertz CT molecular complexity index is 832. The van der Waals surface area contributed by atoms with Gasteiger partial charge in [0.15, 0.2) is 0 Å². The van der Waals surface area contributed by atoms with E-state index in [1.54, 1.807) is 0 Å². The maximum absolute atomic E-state index is 10.5. The van der Waals surface area contributed by atoms with Crippen LogP contribution in [0.15, 0.2) is 18.2 Å². The summed E-state index contributed by atoms with van der Waals surface area (Å²) >= 11 is 0. The first-order chi connectivity index (χ1) is 14.5. The first kappa shape index (κ1) is 2.18. The summed E-state index contributed by atoms with van der Waals surface area (Å²) < 4.78 is 148. The van der Waals surface area contributed by atoms with Gasteiger partial charge in [0, 0.05) is 24.7 Å². The summed E-state index contributed by atoms with van der Waals surface area (Å²) in [7, 11) is 0. The number of rotatable bonds is 0. The van der Waals surface area contributed by atoms with Gasteiger partial charge in [-0.15, -0.1) is 0 Å². The zero-order valence-electron chi connectivity index (χ0n) is 26.6. The zero-order valence-corrected chi connectivity index (χ0v) is 7.60. The molecule has 0 heterocycles. The minimum atomic E-state index is -3.96. The number of benzene rings is 1. The van der Waals surface area contributed by atoms with Gasteiger partial charge in [-0.2, -0.15) is 0 Å². The summed E-state index contributed by atoms with van der Waals surface area (Å²) in [5.41, 5.74) is -10.5. The molecular formula is C14H22O. The number of phenolic OH excluding ortho intramolecular Hbond substituents is 1. The molecule has 0 radical (unpaired) electrons. The highest BCUT2D eigenvalue weighted by atomic mass is 16.3. The van der Waals surface area contributed by atoms with E-state index in [0.29, 0.717) is 6.07 Å². The van der Waals surface area contributed by atoms with Crippen molar-refractivity contribution in [1.82, 2.24) is 0 Å². The molecule has 1 nitrogen and oxygen atoms in total. The smallest absolute Gasteiger partial charge is 0.119 e. The number of hydrogen-bond donors (Lipinski definition) is 1. The third kappa shape index (κ3) is 2.74. The molecule has 0 spiro atoms. The maximum Gasteiger partial charge on any atom is 0.119 e. The molecule has 15 heavy (non-hydrogen) atoms. The Morgan fingerprint density at radius 1 is 1.13 bits per heavy atom. The molecule has 0 aliphatic heterocycles. The van der Waals surface area contributed by atoms with Crippen molar-refractivity contribution >= 4 is 0 Å². The van der Waals surface area contributed by atoms with Gasteiger partial charge in [-0.25, -0.2) is 0 Å². The third-order valence-corrected chi connectivity index (χ3v) is 1.76. The van der Waals surface area contributed by atoms with E-state index < -0.39 is 74.9 Å². The van der Waals surface area contributed by atoms with Crippen molar-refractivity contribution in [2.45, 2.75) is 51.9 Å². The average molecular weight is 225 g/mol. The average Bonchev–Trinajstić information content (AvgIpc) is 2.43. The van der Waals surface area contributed by atoms with E-state index in [1.807, 2.05) is 0 Å². The molecule has 1 heteroatoms. The molecule has 0 amide bonds. The van der Waals surface area contributed by atoms with Crippen LogP contribution in [0, 0.1) is 0 Å². The highest BCUT2D eigenvalue weighted by Gasteiger charge is 2.21. The Hall–Kier alpha value is -0.980. The van der Waals surface area contributed by atoms with Crippen molar-refractivity contribution in [1.29, 1.82) is 0 Å². The van der Waals surface area contributed by atoms with Gasteiger partial charge in [-0.3, -0.25) is 0 Å². The molecule has 0 aliphatic carbocycles. The molecular weight excluding hydrogens is 184 g/mol. The summed E-state index contributed by atoms with van der Waals surface area (Å²) in [4.78, 5) is 0. The van der Waals surface area contributed by atoms with Crippen LogP contribution in [0.3, 0.4) is 0 Å². The number of hydrogen-bond acceptors (Lipinski definition) is 1. The van der Waals surface area contributed by atoms with Crippen LogP contribution in [-0.4, -0.2) is 5.11 Å². The second kappa shape index (κ2) is 3.55. The summed E-state index contributed by atoms with van der Waals surface area (Å²) in [6.07, 6.45) is 0. The molecule has 0 atom stereocenters. The normalized spacial score (nSPS) is 36.7. The summed E-state index contributed by atoms with van der Waals surface area (Å²) in [5, 5.41) is 10.5. The van der Waals surface area contributed by atoms with Gasteiger partial charge in [0.2, 0.25) is 0 Å².